The molecule has 0 bridgehead atoms. The van der Waals surface area contributed by atoms with E-state index < -0.39 is 7.60 Å². The Kier molecular flexibility index (Phi) is 74.5. The maximum Gasteiger partial charge on any atom is 0.330 e. The first kappa shape index (κ1) is 91.2. The van der Waals surface area contributed by atoms with Gasteiger partial charge < -0.3 is 23.7 Å². The highest BCUT2D eigenvalue weighted by Crippen LogP contribution is 2.50. The van der Waals surface area contributed by atoms with Gasteiger partial charge in [0, 0.05) is 45.4 Å². The van der Waals surface area contributed by atoms with E-state index in [-0.39, 0.29) is 6.10 Å². The molecule has 2 unspecified atom stereocenters. The molecule has 0 amide bonds. The lowest BCUT2D eigenvalue weighted by Gasteiger charge is -2.28. The van der Waals surface area contributed by atoms with Gasteiger partial charge >= 0.3 is 7.60 Å². The van der Waals surface area contributed by atoms with Gasteiger partial charge in [0.1, 0.15) is 0 Å². The first-order valence-corrected chi connectivity index (χ1v) is 43.0. The lowest BCUT2D eigenvalue weighted by Crippen LogP contribution is -2.37. The quantitative estimate of drug-likeness (QED) is 0.0344. The number of nitrogens with zero attached hydrogens (tertiary/aromatic N) is 3. The number of hydrogen-bond acceptors (Lipinski definition) is 6. The Labute approximate surface area is 584 Å². The molecule has 7 heteroatoms. The minimum Gasteiger partial charge on any atom is -0.307 e. The van der Waals surface area contributed by atoms with Gasteiger partial charge in [-0.1, -0.05) is 319 Å². The van der Waals surface area contributed by atoms with Crippen LogP contribution in [0.4, 0.5) is 0 Å². The topological polar surface area (TPSA) is 45.2 Å². The van der Waals surface area contributed by atoms with Crippen molar-refractivity contribution in [3.05, 3.63) is 85.1 Å². The predicted molar refractivity (Wildman–Crippen MR) is 421 cm³/mol. The molecule has 0 aliphatic rings. The highest BCUT2D eigenvalue weighted by atomic mass is 31.2. The van der Waals surface area contributed by atoms with Crippen LogP contribution in [0.2, 0.25) is 0 Å². The lowest BCUT2D eigenvalue weighted by molar-refractivity contribution is 0.121. The van der Waals surface area contributed by atoms with Crippen molar-refractivity contribution in [3.63, 3.8) is 0 Å². The second kappa shape index (κ2) is 76.0. The molecule has 0 radical (unpaired) electrons. The van der Waals surface area contributed by atoms with E-state index in [4.69, 9.17) is 9.05 Å². The molecule has 0 spiro atoms. The van der Waals surface area contributed by atoms with E-state index in [9.17, 15) is 4.57 Å². The Bertz CT molecular complexity index is 1690. The summed E-state index contributed by atoms with van der Waals surface area (Å²) in [7, 11) is 3.67. The third kappa shape index (κ3) is 71.3. The van der Waals surface area contributed by atoms with Crippen molar-refractivity contribution in [1.29, 1.82) is 0 Å². The minimum atomic E-state index is -3.18. The van der Waals surface area contributed by atoms with Gasteiger partial charge in [0.2, 0.25) is 0 Å². The summed E-state index contributed by atoms with van der Waals surface area (Å²) < 4.78 is 27.2. The van der Waals surface area contributed by atoms with Gasteiger partial charge in [0.05, 0.1) is 12.7 Å². The van der Waals surface area contributed by atoms with Crippen molar-refractivity contribution in [2.75, 3.05) is 73.2 Å². The highest BCUT2D eigenvalue weighted by molar-refractivity contribution is 7.53. The highest BCUT2D eigenvalue weighted by Gasteiger charge is 2.27. The van der Waals surface area contributed by atoms with Crippen molar-refractivity contribution in [3.8, 4) is 0 Å². The molecule has 0 aromatic rings. The average molecular weight is 1320 g/mol. The van der Waals surface area contributed by atoms with Crippen LogP contribution in [0.25, 0.3) is 0 Å². The molecule has 0 saturated carbocycles. The van der Waals surface area contributed by atoms with Gasteiger partial charge in [-0.2, -0.15) is 0 Å². The van der Waals surface area contributed by atoms with Gasteiger partial charge in [-0.05, 0) is 175 Å². The molecule has 0 aliphatic heterocycles. The van der Waals surface area contributed by atoms with E-state index in [0.29, 0.717) is 12.8 Å². The first-order valence-electron chi connectivity index (χ1n) is 41.3. The van der Waals surface area contributed by atoms with Crippen LogP contribution in [-0.2, 0) is 13.6 Å². The summed E-state index contributed by atoms with van der Waals surface area (Å²) in [5.74, 6) is 0.800. The summed E-state index contributed by atoms with van der Waals surface area (Å²) in [6, 6.07) is 0. The SMILES string of the molecule is CCCCC/C=C\C/C=C\CCCCCCCCC(CCCCCCCC/C=C\C/C=C\CCCCC)CN(C)CCN(C)CCN(C)CCOP(=O)(CC)OC(CCCCCCCC/C=C\C/C=C\CCCCC)CCCCCCCCCCC/C=C\CCCCC. The molecule has 6 nitrogen and oxygen atoms in total. The summed E-state index contributed by atoms with van der Waals surface area (Å²) >= 11 is 0. The molecule has 0 rings (SSSR count). The molecular formula is C86H164N3O3P. The molecule has 0 aromatic heterocycles. The fourth-order valence-corrected chi connectivity index (χ4v) is 14.0. The Morgan fingerprint density at radius 1 is 0.290 bits per heavy atom. The van der Waals surface area contributed by atoms with Gasteiger partial charge in [0.15, 0.2) is 0 Å². The summed E-state index contributed by atoms with van der Waals surface area (Å²) in [6.07, 6.45) is 104. The molecular weight excluding hydrogens is 1150 g/mol. The molecule has 546 valence electrons. The van der Waals surface area contributed by atoms with Crippen LogP contribution in [0.5, 0.6) is 0 Å². The van der Waals surface area contributed by atoms with Crippen LogP contribution < -0.4 is 0 Å². The summed E-state index contributed by atoms with van der Waals surface area (Å²) in [5.41, 5.74) is 0. The van der Waals surface area contributed by atoms with Crippen LogP contribution in [0.1, 0.15) is 381 Å². The monoisotopic (exact) mass is 1320 g/mol. The van der Waals surface area contributed by atoms with Crippen molar-refractivity contribution < 1.29 is 13.6 Å². The van der Waals surface area contributed by atoms with Crippen molar-refractivity contribution in [2.24, 2.45) is 5.92 Å². The van der Waals surface area contributed by atoms with Gasteiger partial charge in [-0.25, -0.2) is 0 Å². The first-order chi connectivity index (χ1) is 45.7. The molecule has 0 aromatic carbocycles. The smallest absolute Gasteiger partial charge is 0.307 e. The number of allylic oxidation sites excluding steroid dienone is 14. The van der Waals surface area contributed by atoms with E-state index in [1.165, 1.54) is 308 Å². The van der Waals surface area contributed by atoms with Gasteiger partial charge in [0.25, 0.3) is 0 Å². The van der Waals surface area contributed by atoms with E-state index in [2.05, 4.69) is 149 Å². The maximum absolute atomic E-state index is 14.3. The summed E-state index contributed by atoms with van der Waals surface area (Å²) in [6.45, 7) is 17.7. The zero-order chi connectivity index (χ0) is 67.5. The van der Waals surface area contributed by atoms with E-state index in [0.717, 1.165) is 83.6 Å². The Morgan fingerprint density at radius 3 is 0.839 bits per heavy atom. The molecule has 2 atom stereocenters. The van der Waals surface area contributed by atoms with Crippen LogP contribution in [0.15, 0.2) is 85.1 Å². The van der Waals surface area contributed by atoms with E-state index in [1.54, 1.807) is 0 Å². The molecule has 93 heavy (non-hydrogen) atoms. The second-order valence-electron chi connectivity index (χ2n) is 28.6. The molecule has 0 heterocycles. The second-order valence-corrected chi connectivity index (χ2v) is 30.9. The number of unbranched alkanes of at least 4 members (excludes halogenated alkanes) is 39. The maximum atomic E-state index is 14.3. The lowest BCUT2D eigenvalue weighted by atomic mass is 9.93. The third-order valence-corrected chi connectivity index (χ3v) is 21.1. The van der Waals surface area contributed by atoms with Gasteiger partial charge in [-0.15, -0.1) is 0 Å². The normalized spacial score (nSPS) is 13.7. The average Bonchev–Trinajstić information content (AvgIpc) is 2.56. The summed E-state index contributed by atoms with van der Waals surface area (Å²) in [4.78, 5) is 7.49. The molecule has 0 N–H and O–H groups in total. The standard InChI is InChI=1S/C86H164N3O3P/c1-9-14-18-22-26-30-34-38-42-46-50-54-58-62-66-70-74-85(75-71-67-63-59-55-51-47-43-39-35-31-27-23-19-15-10-2)84-89(8)81-80-87(6)78-79-88(7)82-83-91-93(90,13-5)92-86(76-72-68-64-60-56-52-48-44-40-36-32-28-24-20-16-11-3)77-73-69-65-61-57-53-49-45-41-37-33-29-25-21-17-12-4/h26-33,38-40,42-44,85-86H,9-25,34-37,41,45-84H2,1-8H3/b30-26-,31-27-,32-28-,33-29-,42-38-,43-39-,44-40-. The molecule has 0 aliphatic carbocycles. The minimum absolute atomic E-state index is 0.0215. The largest absolute Gasteiger partial charge is 0.330 e. The van der Waals surface area contributed by atoms with Crippen LogP contribution >= 0.6 is 7.60 Å². The zero-order valence-electron chi connectivity index (χ0n) is 64.1. The van der Waals surface area contributed by atoms with Crippen molar-refractivity contribution in [1.82, 2.24) is 14.7 Å². The van der Waals surface area contributed by atoms with Crippen molar-refractivity contribution >= 4 is 7.60 Å². The zero-order valence-corrected chi connectivity index (χ0v) is 65.0. The predicted octanol–water partition coefficient (Wildman–Crippen LogP) is 28.1. The Balaban J connectivity index is 5.04. The summed E-state index contributed by atoms with van der Waals surface area (Å²) in [5, 5.41) is 0. The van der Waals surface area contributed by atoms with Crippen molar-refractivity contribution in [2.45, 2.75) is 387 Å². The van der Waals surface area contributed by atoms with Crippen LogP contribution in [0, 0.1) is 5.92 Å². The fourth-order valence-electron chi connectivity index (χ4n) is 12.6. The number of likely N-dealkylation sites (N-methyl/N-ethyl adjacent to an activating group) is 3. The van der Waals surface area contributed by atoms with Gasteiger partial charge in [-0.3, -0.25) is 4.57 Å². The fraction of sp³-hybridized carbons (Fsp3) is 0.837. The Hall–Kier alpha value is -1.79. The molecule has 0 fully saturated rings. The van der Waals surface area contributed by atoms with Crippen LogP contribution in [-0.4, -0.2) is 94.0 Å². The third-order valence-electron chi connectivity index (χ3n) is 19.1. The molecule has 0 saturated heterocycles. The number of rotatable bonds is 76. The van der Waals surface area contributed by atoms with Crippen LogP contribution in [0.3, 0.4) is 0 Å². The van der Waals surface area contributed by atoms with E-state index in [1.807, 2.05) is 6.92 Å². The Morgan fingerprint density at radius 2 is 0.538 bits per heavy atom. The number of hydrogen-bond donors (Lipinski definition) is 0. The van der Waals surface area contributed by atoms with E-state index >= 15 is 0 Å².